The molecule has 1 aliphatic rings. The van der Waals surface area contributed by atoms with Crippen molar-refractivity contribution in [3.63, 3.8) is 0 Å². The normalized spacial score (nSPS) is 18.8. The third-order valence-electron chi connectivity index (χ3n) is 4.05. The zero-order chi connectivity index (χ0) is 18.9. The SMILES string of the molecule is CCOC(=O)C1(c2cc(C(=O)OC)cn3c(Br)cnc23)C=C(CC)N=N1. The number of nitrogens with zero attached hydrogens (tertiary/aromatic N) is 4. The Labute approximate surface area is 158 Å². The van der Waals surface area contributed by atoms with Crippen LogP contribution < -0.4 is 0 Å². The van der Waals surface area contributed by atoms with E-state index in [4.69, 9.17) is 9.47 Å². The highest BCUT2D eigenvalue weighted by Gasteiger charge is 2.46. The summed E-state index contributed by atoms with van der Waals surface area (Å²) in [7, 11) is 1.29. The molecule has 3 heterocycles. The van der Waals surface area contributed by atoms with Crippen LogP contribution in [0.25, 0.3) is 5.65 Å². The van der Waals surface area contributed by atoms with Gasteiger partial charge < -0.3 is 9.47 Å². The first-order valence-corrected chi connectivity index (χ1v) is 8.83. The smallest absolute Gasteiger partial charge is 0.344 e. The first kappa shape index (κ1) is 18.2. The largest absolute Gasteiger partial charge is 0.465 e. The Morgan fingerprint density at radius 1 is 1.35 bits per heavy atom. The minimum atomic E-state index is -1.49. The average molecular weight is 421 g/mol. The Bertz CT molecular complexity index is 950. The Balaban J connectivity index is 2.33. The number of methoxy groups -OCH3 is 1. The highest BCUT2D eigenvalue weighted by Crippen LogP contribution is 2.39. The van der Waals surface area contributed by atoms with Gasteiger partial charge in [-0.05, 0) is 41.4 Å². The van der Waals surface area contributed by atoms with E-state index >= 15 is 0 Å². The van der Waals surface area contributed by atoms with Gasteiger partial charge in [-0.3, -0.25) is 4.40 Å². The Morgan fingerprint density at radius 3 is 2.73 bits per heavy atom. The van der Waals surface area contributed by atoms with Crippen LogP contribution in [0.5, 0.6) is 0 Å². The summed E-state index contributed by atoms with van der Waals surface area (Å²) in [5, 5.41) is 8.35. The lowest BCUT2D eigenvalue weighted by Gasteiger charge is -2.22. The van der Waals surface area contributed by atoms with E-state index in [9.17, 15) is 9.59 Å². The monoisotopic (exact) mass is 420 g/mol. The molecule has 136 valence electrons. The quantitative estimate of drug-likeness (QED) is 0.690. The third kappa shape index (κ3) is 2.82. The van der Waals surface area contributed by atoms with Crippen LogP contribution in [0.1, 0.15) is 36.2 Å². The number of hydrogen-bond donors (Lipinski definition) is 0. The predicted octanol–water partition coefficient (Wildman–Crippen LogP) is 3.40. The number of imidazole rings is 1. The van der Waals surface area contributed by atoms with Gasteiger partial charge in [0.05, 0.1) is 31.2 Å². The van der Waals surface area contributed by atoms with Gasteiger partial charge in [0.1, 0.15) is 10.3 Å². The third-order valence-corrected chi connectivity index (χ3v) is 4.64. The number of pyridine rings is 1. The maximum atomic E-state index is 12.8. The van der Waals surface area contributed by atoms with Crippen molar-refractivity contribution in [3.05, 3.63) is 46.0 Å². The van der Waals surface area contributed by atoms with E-state index in [0.717, 1.165) is 0 Å². The Kier molecular flexibility index (Phi) is 4.90. The number of fused-ring (bicyclic) bond motifs is 1. The van der Waals surface area contributed by atoms with Gasteiger partial charge in [0.2, 0.25) is 5.54 Å². The summed E-state index contributed by atoms with van der Waals surface area (Å²) in [6.07, 6.45) is 5.42. The molecule has 0 spiro atoms. The number of rotatable bonds is 5. The number of esters is 2. The van der Waals surface area contributed by atoms with Crippen molar-refractivity contribution in [2.75, 3.05) is 13.7 Å². The van der Waals surface area contributed by atoms with Crippen LogP contribution in [0, 0.1) is 0 Å². The molecule has 0 aromatic carbocycles. The van der Waals surface area contributed by atoms with Crippen LogP contribution in [0.15, 0.2) is 45.1 Å². The highest BCUT2D eigenvalue weighted by atomic mass is 79.9. The number of carbonyl (C=O) groups is 2. The van der Waals surface area contributed by atoms with Crippen molar-refractivity contribution in [3.8, 4) is 0 Å². The maximum absolute atomic E-state index is 12.8. The molecular formula is C17H17BrN4O4. The molecule has 1 atom stereocenters. The van der Waals surface area contributed by atoms with Crippen molar-refractivity contribution in [2.45, 2.75) is 25.8 Å². The van der Waals surface area contributed by atoms with Crippen LogP contribution in [-0.2, 0) is 19.8 Å². The van der Waals surface area contributed by atoms with Crippen LogP contribution in [0.4, 0.5) is 0 Å². The maximum Gasteiger partial charge on any atom is 0.344 e. The lowest BCUT2D eigenvalue weighted by molar-refractivity contribution is -0.147. The average Bonchev–Trinajstić information content (AvgIpc) is 3.25. The fraction of sp³-hybridized carbons (Fsp3) is 0.353. The lowest BCUT2D eigenvalue weighted by Crippen LogP contribution is -2.33. The molecule has 8 nitrogen and oxygen atoms in total. The summed E-state index contributed by atoms with van der Waals surface area (Å²) in [6.45, 7) is 3.82. The second-order valence-corrected chi connectivity index (χ2v) is 6.40. The number of halogens is 1. The lowest BCUT2D eigenvalue weighted by atomic mass is 9.89. The molecule has 26 heavy (non-hydrogen) atoms. The van der Waals surface area contributed by atoms with Crippen LogP contribution >= 0.6 is 15.9 Å². The topological polar surface area (TPSA) is 94.6 Å². The van der Waals surface area contributed by atoms with Crippen molar-refractivity contribution in [1.82, 2.24) is 9.38 Å². The van der Waals surface area contributed by atoms with Gasteiger partial charge in [-0.15, -0.1) is 0 Å². The van der Waals surface area contributed by atoms with Crippen LogP contribution in [-0.4, -0.2) is 35.0 Å². The molecule has 1 aliphatic heterocycles. The molecule has 0 N–H and O–H groups in total. The minimum absolute atomic E-state index is 0.191. The summed E-state index contributed by atoms with van der Waals surface area (Å²) in [6, 6.07) is 1.55. The summed E-state index contributed by atoms with van der Waals surface area (Å²) in [5.41, 5.74) is 0.287. The van der Waals surface area contributed by atoms with E-state index < -0.39 is 17.5 Å². The number of allylic oxidation sites excluding steroid dienone is 1. The van der Waals surface area contributed by atoms with E-state index in [-0.39, 0.29) is 12.2 Å². The molecule has 0 saturated heterocycles. The summed E-state index contributed by atoms with van der Waals surface area (Å²) < 4.78 is 12.4. The number of carbonyl (C=O) groups excluding carboxylic acids is 2. The molecule has 0 aliphatic carbocycles. The van der Waals surface area contributed by atoms with Gasteiger partial charge in [-0.1, -0.05) is 6.92 Å². The van der Waals surface area contributed by atoms with Gasteiger partial charge in [0.15, 0.2) is 0 Å². The fourth-order valence-corrected chi connectivity index (χ4v) is 3.14. The predicted molar refractivity (Wildman–Crippen MR) is 95.8 cm³/mol. The molecule has 0 saturated carbocycles. The Hall–Kier alpha value is -2.55. The molecule has 1 unspecified atom stereocenters. The van der Waals surface area contributed by atoms with Crippen molar-refractivity contribution in [1.29, 1.82) is 0 Å². The van der Waals surface area contributed by atoms with Gasteiger partial charge in [-0.25, -0.2) is 14.6 Å². The zero-order valence-electron chi connectivity index (χ0n) is 14.5. The van der Waals surface area contributed by atoms with E-state index in [2.05, 4.69) is 31.1 Å². The van der Waals surface area contributed by atoms with Gasteiger partial charge in [-0.2, -0.15) is 10.2 Å². The van der Waals surface area contributed by atoms with Crippen LogP contribution in [0.2, 0.25) is 0 Å². The molecule has 0 bridgehead atoms. The standard InChI is InChI=1S/C17H17BrN4O4/c1-4-11-7-17(21-20-11,16(24)26-5-2)12-6-10(15(23)25-3)9-22-13(18)8-19-14(12)22/h6-9H,4-5H2,1-3H3. The Morgan fingerprint density at radius 2 is 2.12 bits per heavy atom. The first-order valence-electron chi connectivity index (χ1n) is 8.04. The summed E-state index contributed by atoms with van der Waals surface area (Å²) in [4.78, 5) is 29.3. The molecule has 9 heteroatoms. The zero-order valence-corrected chi connectivity index (χ0v) is 16.1. The van der Waals surface area contributed by atoms with Gasteiger partial charge >= 0.3 is 11.9 Å². The molecular weight excluding hydrogens is 404 g/mol. The van der Waals surface area contributed by atoms with E-state index in [1.54, 1.807) is 35.9 Å². The second kappa shape index (κ2) is 6.99. The number of hydrogen-bond acceptors (Lipinski definition) is 7. The van der Waals surface area contributed by atoms with Gasteiger partial charge in [0.25, 0.3) is 0 Å². The highest BCUT2D eigenvalue weighted by molar-refractivity contribution is 9.10. The molecule has 0 radical (unpaired) electrons. The van der Waals surface area contributed by atoms with E-state index in [0.29, 0.717) is 27.9 Å². The molecule has 2 aromatic heterocycles. The summed E-state index contributed by atoms with van der Waals surface area (Å²) in [5.74, 6) is -1.11. The number of aromatic nitrogens is 2. The molecule has 0 fully saturated rings. The fourth-order valence-electron chi connectivity index (χ4n) is 2.77. The van der Waals surface area contributed by atoms with Crippen molar-refractivity contribution >= 4 is 33.5 Å². The minimum Gasteiger partial charge on any atom is -0.465 e. The number of ether oxygens (including phenoxy) is 2. The van der Waals surface area contributed by atoms with E-state index in [1.807, 2.05) is 6.92 Å². The number of azo groups is 1. The summed E-state index contributed by atoms with van der Waals surface area (Å²) >= 11 is 3.39. The van der Waals surface area contributed by atoms with Crippen molar-refractivity contribution in [2.24, 2.45) is 10.2 Å². The van der Waals surface area contributed by atoms with Crippen molar-refractivity contribution < 1.29 is 19.1 Å². The first-order chi connectivity index (χ1) is 12.5. The molecule has 0 amide bonds. The van der Waals surface area contributed by atoms with E-state index in [1.165, 1.54) is 7.11 Å². The van der Waals surface area contributed by atoms with Gasteiger partial charge in [0, 0.05) is 11.8 Å². The molecule has 2 aromatic rings. The van der Waals surface area contributed by atoms with Crippen LogP contribution in [0.3, 0.4) is 0 Å². The molecule has 3 rings (SSSR count). The second-order valence-electron chi connectivity index (χ2n) is 5.58.